The van der Waals surface area contributed by atoms with Gasteiger partial charge in [-0.15, -0.1) is 0 Å². The van der Waals surface area contributed by atoms with Crippen LogP contribution in [0.3, 0.4) is 0 Å². The first kappa shape index (κ1) is 20.2. The summed E-state index contributed by atoms with van der Waals surface area (Å²) >= 11 is 6.04. The maximum Gasteiger partial charge on any atom is 0.408 e. The Hall–Kier alpha value is -2.55. The van der Waals surface area contributed by atoms with E-state index in [1.54, 1.807) is 25.3 Å². The van der Waals surface area contributed by atoms with Gasteiger partial charge in [-0.25, -0.2) is 9.18 Å². The molecule has 0 aliphatic carbocycles. The predicted molar refractivity (Wildman–Crippen MR) is 95.4 cm³/mol. The summed E-state index contributed by atoms with van der Waals surface area (Å²) in [7, 11) is 1.04. The van der Waals surface area contributed by atoms with E-state index in [1.165, 1.54) is 6.07 Å². The van der Waals surface area contributed by atoms with Gasteiger partial charge in [-0.3, -0.25) is 9.88 Å². The number of urea groups is 1. The van der Waals surface area contributed by atoms with Gasteiger partial charge in [0.05, 0.1) is 16.4 Å². The van der Waals surface area contributed by atoms with Gasteiger partial charge >= 0.3 is 12.2 Å². The Balaban J connectivity index is 1.93. The first-order chi connectivity index (χ1) is 13.1. The van der Waals surface area contributed by atoms with Gasteiger partial charge in [0.25, 0.3) is 0 Å². The minimum Gasteiger partial charge on any atom is -0.454 e. The molecule has 1 aliphatic rings. The van der Waals surface area contributed by atoms with Gasteiger partial charge in [-0.05, 0) is 31.5 Å². The zero-order valence-corrected chi connectivity index (χ0v) is 15.7. The lowest BCUT2D eigenvalue weighted by molar-refractivity contribution is -0.176. The number of alkyl halides is 3. The lowest BCUT2D eigenvalue weighted by atomic mass is 10.1. The summed E-state index contributed by atoms with van der Waals surface area (Å²) < 4.78 is 59.3. The topological polar surface area (TPSA) is 45.7 Å². The molecule has 1 saturated heterocycles. The highest BCUT2D eigenvalue weighted by Crippen LogP contribution is 2.38. The molecule has 1 aromatic carbocycles. The second-order valence-electron chi connectivity index (χ2n) is 6.31. The zero-order valence-electron chi connectivity index (χ0n) is 14.9. The van der Waals surface area contributed by atoms with Crippen LogP contribution in [0, 0.1) is 12.7 Å². The van der Waals surface area contributed by atoms with Gasteiger partial charge in [0.2, 0.25) is 0 Å². The number of nitrogens with zero attached hydrogens (tertiary/aromatic N) is 3. The molecule has 150 valence electrons. The quantitative estimate of drug-likeness (QED) is 0.647. The van der Waals surface area contributed by atoms with Gasteiger partial charge in [0.15, 0.2) is 0 Å². The van der Waals surface area contributed by atoms with Crippen LogP contribution in [0.4, 0.5) is 28.0 Å². The van der Waals surface area contributed by atoms with Crippen molar-refractivity contribution in [2.24, 2.45) is 0 Å². The molecule has 1 unspecified atom stereocenters. The van der Waals surface area contributed by atoms with Crippen molar-refractivity contribution in [3.8, 4) is 11.5 Å². The Kier molecular flexibility index (Phi) is 5.38. The molecule has 0 saturated carbocycles. The molecule has 0 bridgehead atoms. The third kappa shape index (κ3) is 3.84. The Labute approximate surface area is 163 Å². The number of carbonyl (C=O) groups is 1. The van der Waals surface area contributed by atoms with Gasteiger partial charge in [-0.2, -0.15) is 13.2 Å². The Morgan fingerprint density at radius 1 is 1.29 bits per heavy atom. The molecule has 2 heterocycles. The Morgan fingerprint density at radius 2 is 2.00 bits per heavy atom. The number of aryl methyl sites for hydroxylation is 1. The van der Waals surface area contributed by atoms with Crippen LogP contribution in [0.5, 0.6) is 11.5 Å². The van der Waals surface area contributed by atoms with E-state index in [9.17, 15) is 22.4 Å². The molecule has 1 fully saturated rings. The molecule has 2 amide bonds. The maximum absolute atomic E-state index is 14.5. The summed E-state index contributed by atoms with van der Waals surface area (Å²) in [6.07, 6.45) is -3.37. The van der Waals surface area contributed by atoms with E-state index in [0.717, 1.165) is 18.0 Å². The van der Waals surface area contributed by atoms with E-state index >= 15 is 0 Å². The minimum atomic E-state index is -4.55. The Morgan fingerprint density at radius 3 is 2.64 bits per heavy atom. The second kappa shape index (κ2) is 7.46. The summed E-state index contributed by atoms with van der Waals surface area (Å²) in [5, 5.41) is -0.0458. The fourth-order valence-electron chi connectivity index (χ4n) is 2.97. The SMILES string of the molecule is Cc1ncccc1Oc1cc(N2CCC(C(F)(F)F)N(C)C2=O)c(F)cc1Cl. The van der Waals surface area contributed by atoms with Crippen LogP contribution in [0.2, 0.25) is 5.02 Å². The van der Waals surface area contributed by atoms with Crippen molar-refractivity contribution in [2.45, 2.75) is 25.6 Å². The van der Waals surface area contributed by atoms with Crippen LogP contribution < -0.4 is 9.64 Å². The van der Waals surface area contributed by atoms with Crippen LogP contribution in [0.25, 0.3) is 0 Å². The molecule has 1 aliphatic heterocycles. The van der Waals surface area contributed by atoms with Crippen molar-refractivity contribution < 1.29 is 27.1 Å². The molecule has 1 aromatic heterocycles. The van der Waals surface area contributed by atoms with Gasteiger partial charge in [0, 0.05) is 25.9 Å². The number of carbonyl (C=O) groups excluding carboxylic acids is 1. The van der Waals surface area contributed by atoms with Crippen molar-refractivity contribution in [1.29, 1.82) is 0 Å². The fourth-order valence-corrected chi connectivity index (χ4v) is 3.16. The summed E-state index contributed by atoms with van der Waals surface area (Å²) in [6, 6.07) is 2.56. The number of hydrogen-bond donors (Lipinski definition) is 0. The molecular formula is C18H16ClF4N3O2. The number of rotatable bonds is 3. The number of ether oxygens (including phenoxy) is 1. The van der Waals surface area contributed by atoms with E-state index in [4.69, 9.17) is 16.3 Å². The lowest BCUT2D eigenvalue weighted by Gasteiger charge is -2.40. The van der Waals surface area contributed by atoms with E-state index in [-0.39, 0.29) is 29.4 Å². The van der Waals surface area contributed by atoms with Crippen LogP contribution in [0.15, 0.2) is 30.5 Å². The van der Waals surface area contributed by atoms with Crippen molar-refractivity contribution >= 4 is 23.3 Å². The van der Waals surface area contributed by atoms with Crippen LogP contribution in [-0.4, -0.2) is 41.7 Å². The zero-order chi connectivity index (χ0) is 20.6. The molecule has 0 N–H and O–H groups in total. The van der Waals surface area contributed by atoms with E-state index in [2.05, 4.69) is 4.98 Å². The smallest absolute Gasteiger partial charge is 0.408 e. The number of benzene rings is 1. The van der Waals surface area contributed by atoms with Gasteiger partial charge < -0.3 is 9.64 Å². The lowest BCUT2D eigenvalue weighted by Crippen LogP contribution is -2.57. The number of halogens is 5. The molecule has 1 atom stereocenters. The van der Waals surface area contributed by atoms with Crippen LogP contribution in [0.1, 0.15) is 12.1 Å². The molecule has 28 heavy (non-hydrogen) atoms. The molecule has 0 radical (unpaired) electrons. The molecule has 3 rings (SSSR count). The van der Waals surface area contributed by atoms with Crippen LogP contribution >= 0.6 is 11.6 Å². The summed E-state index contributed by atoms with van der Waals surface area (Å²) in [6.45, 7) is 1.41. The number of aromatic nitrogens is 1. The van der Waals surface area contributed by atoms with E-state index < -0.39 is 24.1 Å². The number of amides is 2. The number of hydrogen-bond acceptors (Lipinski definition) is 3. The maximum atomic E-state index is 14.5. The second-order valence-corrected chi connectivity index (χ2v) is 6.72. The van der Waals surface area contributed by atoms with E-state index in [0.29, 0.717) is 16.3 Å². The summed E-state index contributed by atoms with van der Waals surface area (Å²) in [5.74, 6) is -0.406. The highest BCUT2D eigenvalue weighted by Gasteiger charge is 2.48. The highest BCUT2D eigenvalue weighted by molar-refractivity contribution is 6.32. The third-order valence-electron chi connectivity index (χ3n) is 4.47. The molecule has 2 aromatic rings. The van der Waals surface area contributed by atoms with Gasteiger partial charge in [0.1, 0.15) is 23.4 Å². The average molecular weight is 418 g/mol. The predicted octanol–water partition coefficient (Wildman–Crippen LogP) is 5.17. The Bertz CT molecular complexity index is 907. The fraction of sp³-hybridized carbons (Fsp3) is 0.333. The number of anilines is 1. The molecule has 5 nitrogen and oxygen atoms in total. The minimum absolute atomic E-state index is 0.0458. The third-order valence-corrected chi connectivity index (χ3v) is 4.77. The first-order valence-electron chi connectivity index (χ1n) is 8.29. The summed E-state index contributed by atoms with van der Waals surface area (Å²) in [5.41, 5.74) is 0.352. The van der Waals surface area contributed by atoms with Crippen molar-refractivity contribution in [3.05, 3.63) is 47.0 Å². The molecular weight excluding hydrogens is 402 g/mol. The standard InChI is InChI=1S/C18H16ClF4N3O2/c1-10-14(4-3-6-24-10)28-15-9-13(12(20)8-11(15)19)26-7-5-16(18(21,22)23)25(2)17(26)27/h3-4,6,8-9,16H,5,7H2,1-2H3. The first-order valence-corrected chi connectivity index (χ1v) is 8.67. The van der Waals surface area contributed by atoms with Crippen molar-refractivity contribution in [2.75, 3.05) is 18.5 Å². The highest BCUT2D eigenvalue weighted by atomic mass is 35.5. The number of pyridine rings is 1. The normalized spacial score (nSPS) is 17.8. The molecule has 10 heteroatoms. The van der Waals surface area contributed by atoms with E-state index in [1.807, 2.05) is 0 Å². The largest absolute Gasteiger partial charge is 0.454 e. The van der Waals surface area contributed by atoms with Crippen molar-refractivity contribution in [3.63, 3.8) is 0 Å². The summed E-state index contributed by atoms with van der Waals surface area (Å²) in [4.78, 5) is 18.0. The van der Waals surface area contributed by atoms with Crippen molar-refractivity contribution in [1.82, 2.24) is 9.88 Å². The monoisotopic (exact) mass is 417 g/mol. The molecule has 0 spiro atoms. The van der Waals surface area contributed by atoms with Gasteiger partial charge in [-0.1, -0.05) is 11.6 Å². The average Bonchev–Trinajstić information content (AvgIpc) is 2.60. The van der Waals surface area contributed by atoms with Crippen LogP contribution in [-0.2, 0) is 0 Å².